The van der Waals surface area contributed by atoms with E-state index in [1.807, 2.05) is 31.2 Å². The second-order valence-electron chi connectivity index (χ2n) is 4.87. The van der Waals surface area contributed by atoms with Gasteiger partial charge in [-0.05, 0) is 31.0 Å². The van der Waals surface area contributed by atoms with Crippen molar-refractivity contribution < 1.29 is 9.53 Å². The maximum atomic E-state index is 11.4. The fraction of sp³-hybridized carbons (Fsp3) is 0.500. The zero-order chi connectivity index (χ0) is 16.2. The molecule has 0 aliphatic rings. The van der Waals surface area contributed by atoms with E-state index in [2.05, 4.69) is 22.5 Å². The molecule has 0 radical (unpaired) electrons. The van der Waals surface area contributed by atoms with E-state index in [0.29, 0.717) is 24.8 Å². The number of benzene rings is 1. The lowest BCUT2D eigenvalue weighted by atomic mass is 10.2. The summed E-state index contributed by atoms with van der Waals surface area (Å²) in [6.45, 7) is 5.92. The van der Waals surface area contributed by atoms with Gasteiger partial charge < -0.3 is 21.1 Å². The maximum Gasteiger partial charge on any atom is 0.257 e. The van der Waals surface area contributed by atoms with E-state index >= 15 is 0 Å². The van der Waals surface area contributed by atoms with E-state index < -0.39 is 0 Å². The van der Waals surface area contributed by atoms with Crippen LogP contribution in [0.3, 0.4) is 0 Å². The third-order valence-corrected chi connectivity index (χ3v) is 2.91. The van der Waals surface area contributed by atoms with Crippen LogP contribution in [-0.4, -0.2) is 31.6 Å². The lowest BCUT2D eigenvalue weighted by molar-refractivity contribution is -0.122. The second kappa shape index (κ2) is 13.0. The van der Waals surface area contributed by atoms with Crippen molar-refractivity contribution in [3.05, 3.63) is 29.8 Å². The molecule has 1 aromatic carbocycles. The van der Waals surface area contributed by atoms with Crippen molar-refractivity contribution in [3.8, 4) is 5.75 Å². The summed E-state index contributed by atoms with van der Waals surface area (Å²) in [5.41, 5.74) is 6.77. The van der Waals surface area contributed by atoms with Crippen LogP contribution in [0.15, 0.2) is 29.3 Å². The molecule has 0 aromatic heterocycles. The number of unbranched alkanes of at least 4 members (excludes halogenated alkanes) is 1. The van der Waals surface area contributed by atoms with Gasteiger partial charge in [0.25, 0.3) is 5.91 Å². The van der Waals surface area contributed by atoms with Gasteiger partial charge in [0, 0.05) is 13.1 Å². The molecule has 0 spiro atoms. The van der Waals surface area contributed by atoms with Crippen molar-refractivity contribution in [1.82, 2.24) is 10.6 Å². The van der Waals surface area contributed by atoms with Crippen molar-refractivity contribution in [2.45, 2.75) is 33.2 Å². The van der Waals surface area contributed by atoms with Crippen molar-refractivity contribution in [3.63, 3.8) is 0 Å². The number of carbonyl (C=O) groups is 1. The first-order valence-electron chi connectivity index (χ1n) is 7.68. The zero-order valence-corrected chi connectivity index (χ0v) is 16.1. The molecule has 0 unspecified atom stereocenters. The summed E-state index contributed by atoms with van der Waals surface area (Å²) in [7, 11) is 0. The molecule has 0 bridgehead atoms. The summed E-state index contributed by atoms with van der Waals surface area (Å²) < 4.78 is 5.44. The normalized spacial score (nSPS) is 10.6. The standard InChI is InChI=1S/C16H26N4O2.HI/c1-3-5-9-19-16(17)20-11-13-7-6-8-14(10-13)22-12-15(21)18-4-2;/h6-8,10H,3-5,9,11-12H2,1-2H3,(H,18,21)(H3,17,19,20);1H. The van der Waals surface area contributed by atoms with E-state index in [-0.39, 0.29) is 36.5 Å². The first kappa shape index (κ1) is 21.5. The Morgan fingerprint density at radius 1 is 1.30 bits per heavy atom. The molecule has 0 atom stereocenters. The predicted octanol–water partition coefficient (Wildman–Crippen LogP) is 2.02. The van der Waals surface area contributed by atoms with Crippen LogP contribution in [0, 0.1) is 0 Å². The second-order valence-corrected chi connectivity index (χ2v) is 4.87. The minimum Gasteiger partial charge on any atom is -0.484 e. The summed E-state index contributed by atoms with van der Waals surface area (Å²) in [4.78, 5) is 15.6. The van der Waals surface area contributed by atoms with Crippen LogP contribution < -0.4 is 21.1 Å². The molecule has 0 heterocycles. The zero-order valence-electron chi connectivity index (χ0n) is 13.8. The van der Waals surface area contributed by atoms with Crippen LogP contribution in [-0.2, 0) is 11.3 Å². The van der Waals surface area contributed by atoms with Crippen LogP contribution in [0.2, 0.25) is 0 Å². The molecule has 1 amide bonds. The van der Waals surface area contributed by atoms with Gasteiger partial charge >= 0.3 is 0 Å². The van der Waals surface area contributed by atoms with Crippen molar-refractivity contribution >= 4 is 35.8 Å². The molecular weight excluding hydrogens is 407 g/mol. The summed E-state index contributed by atoms with van der Waals surface area (Å²) in [5, 5.41) is 5.75. The molecule has 23 heavy (non-hydrogen) atoms. The van der Waals surface area contributed by atoms with Crippen LogP contribution in [0.25, 0.3) is 0 Å². The third kappa shape index (κ3) is 9.98. The van der Waals surface area contributed by atoms with Gasteiger partial charge in [-0.1, -0.05) is 25.5 Å². The summed E-state index contributed by atoms with van der Waals surface area (Å²) in [5.74, 6) is 0.967. The van der Waals surface area contributed by atoms with Gasteiger partial charge in [0.2, 0.25) is 0 Å². The van der Waals surface area contributed by atoms with Crippen LogP contribution in [0.5, 0.6) is 5.75 Å². The number of nitrogens with zero attached hydrogens (tertiary/aromatic N) is 1. The van der Waals surface area contributed by atoms with Crippen LogP contribution in [0.1, 0.15) is 32.3 Å². The van der Waals surface area contributed by atoms with Crippen LogP contribution in [0.4, 0.5) is 0 Å². The van der Waals surface area contributed by atoms with Crippen LogP contribution >= 0.6 is 24.0 Å². The van der Waals surface area contributed by atoms with Gasteiger partial charge in [-0.2, -0.15) is 0 Å². The molecule has 0 aliphatic heterocycles. The van der Waals surface area contributed by atoms with Gasteiger partial charge in [0.15, 0.2) is 12.6 Å². The molecule has 1 rings (SSSR count). The lowest BCUT2D eigenvalue weighted by Crippen LogP contribution is -2.32. The quantitative estimate of drug-likeness (QED) is 0.240. The number of nitrogens with two attached hydrogens (primary N) is 1. The maximum absolute atomic E-state index is 11.4. The SMILES string of the molecule is CCCCNC(N)=NCc1cccc(OCC(=O)NCC)c1.I. The number of ether oxygens (including phenoxy) is 1. The Morgan fingerprint density at radius 2 is 2.09 bits per heavy atom. The Bertz CT molecular complexity index is 495. The largest absolute Gasteiger partial charge is 0.484 e. The molecular formula is C16H27IN4O2. The number of hydrogen-bond donors (Lipinski definition) is 3. The first-order valence-corrected chi connectivity index (χ1v) is 7.68. The summed E-state index contributed by atoms with van der Waals surface area (Å²) in [6.07, 6.45) is 2.19. The number of rotatable bonds is 9. The fourth-order valence-corrected chi connectivity index (χ4v) is 1.76. The molecule has 0 aliphatic carbocycles. The number of carbonyl (C=O) groups excluding carboxylic acids is 1. The third-order valence-electron chi connectivity index (χ3n) is 2.91. The van der Waals surface area contributed by atoms with Crippen molar-refractivity contribution in [2.24, 2.45) is 10.7 Å². The molecule has 0 saturated carbocycles. The lowest BCUT2D eigenvalue weighted by Gasteiger charge is -2.08. The monoisotopic (exact) mass is 434 g/mol. The Labute approximate surface area is 155 Å². The molecule has 7 heteroatoms. The van der Waals surface area contributed by atoms with Gasteiger partial charge in [-0.3, -0.25) is 4.79 Å². The Hall–Kier alpha value is -1.51. The Kier molecular flexibility index (Phi) is 12.1. The van der Waals surface area contributed by atoms with Gasteiger partial charge in [-0.25, -0.2) is 4.99 Å². The average Bonchev–Trinajstić information content (AvgIpc) is 2.52. The number of likely N-dealkylation sites (N-methyl/N-ethyl adjacent to an activating group) is 1. The Morgan fingerprint density at radius 3 is 2.78 bits per heavy atom. The van der Waals surface area contributed by atoms with Crippen molar-refractivity contribution in [2.75, 3.05) is 19.7 Å². The van der Waals surface area contributed by atoms with E-state index in [0.717, 1.165) is 24.9 Å². The molecule has 0 fully saturated rings. The topological polar surface area (TPSA) is 88.7 Å². The average molecular weight is 434 g/mol. The number of guanidine groups is 1. The predicted molar refractivity (Wildman–Crippen MR) is 104 cm³/mol. The highest BCUT2D eigenvalue weighted by atomic mass is 127. The minimum absolute atomic E-state index is 0. The van der Waals surface area contributed by atoms with Crippen molar-refractivity contribution in [1.29, 1.82) is 0 Å². The highest BCUT2D eigenvalue weighted by Crippen LogP contribution is 2.13. The highest BCUT2D eigenvalue weighted by molar-refractivity contribution is 14.0. The molecule has 130 valence electrons. The summed E-state index contributed by atoms with van der Waals surface area (Å²) >= 11 is 0. The number of halogens is 1. The first-order chi connectivity index (χ1) is 10.7. The van der Waals surface area contributed by atoms with Gasteiger partial charge in [-0.15, -0.1) is 24.0 Å². The molecule has 6 nitrogen and oxygen atoms in total. The highest BCUT2D eigenvalue weighted by Gasteiger charge is 2.02. The van der Waals surface area contributed by atoms with E-state index in [1.165, 1.54) is 0 Å². The van der Waals surface area contributed by atoms with E-state index in [1.54, 1.807) is 0 Å². The van der Waals surface area contributed by atoms with Gasteiger partial charge in [0.05, 0.1) is 6.54 Å². The van der Waals surface area contributed by atoms with E-state index in [4.69, 9.17) is 10.5 Å². The molecule has 4 N–H and O–H groups in total. The number of hydrogen-bond acceptors (Lipinski definition) is 3. The van der Waals surface area contributed by atoms with Gasteiger partial charge in [0.1, 0.15) is 5.75 Å². The minimum atomic E-state index is -0.129. The Balaban J connectivity index is 0.00000484. The fourth-order valence-electron chi connectivity index (χ4n) is 1.76. The van der Waals surface area contributed by atoms with E-state index in [9.17, 15) is 4.79 Å². The number of amides is 1. The smallest absolute Gasteiger partial charge is 0.257 e. The summed E-state index contributed by atoms with van der Waals surface area (Å²) in [6, 6.07) is 7.50. The number of nitrogens with one attached hydrogen (secondary N) is 2. The number of aliphatic imine (C=N–C) groups is 1. The molecule has 1 aromatic rings. The molecule has 0 saturated heterocycles.